The zero-order valence-corrected chi connectivity index (χ0v) is 12.0. The Kier molecular flexibility index (Phi) is 3.55. The zero-order valence-electron chi connectivity index (χ0n) is 12.0. The van der Waals surface area contributed by atoms with Crippen molar-refractivity contribution < 1.29 is 14.3 Å². The first-order valence-electron chi connectivity index (χ1n) is 7.23. The van der Waals surface area contributed by atoms with Crippen molar-refractivity contribution in [2.45, 2.75) is 31.7 Å². The van der Waals surface area contributed by atoms with Crippen molar-refractivity contribution in [3.63, 3.8) is 0 Å². The molecule has 0 aromatic heterocycles. The number of benzene rings is 1. The number of nitrogens with one attached hydrogen (secondary N) is 1. The van der Waals surface area contributed by atoms with Gasteiger partial charge in [-0.25, -0.2) is 0 Å². The van der Waals surface area contributed by atoms with E-state index in [4.69, 9.17) is 9.47 Å². The highest BCUT2D eigenvalue weighted by atomic mass is 16.5. The van der Waals surface area contributed by atoms with Crippen LogP contribution in [0, 0.1) is 11.8 Å². The highest BCUT2D eigenvalue weighted by molar-refractivity contribution is 5.95. The van der Waals surface area contributed by atoms with E-state index in [1.54, 1.807) is 32.4 Å². The van der Waals surface area contributed by atoms with Crippen molar-refractivity contribution in [3.8, 4) is 11.5 Å². The first kappa shape index (κ1) is 13.3. The molecule has 2 fully saturated rings. The Morgan fingerprint density at radius 1 is 1.10 bits per heavy atom. The van der Waals surface area contributed by atoms with Gasteiger partial charge < -0.3 is 14.8 Å². The van der Waals surface area contributed by atoms with E-state index in [2.05, 4.69) is 5.32 Å². The molecule has 3 rings (SSSR count). The Hall–Kier alpha value is -1.71. The molecule has 2 bridgehead atoms. The normalized spacial score (nSPS) is 27.4. The molecule has 0 unspecified atom stereocenters. The van der Waals surface area contributed by atoms with Gasteiger partial charge in [0.1, 0.15) is 11.5 Å². The van der Waals surface area contributed by atoms with Crippen molar-refractivity contribution in [1.29, 1.82) is 0 Å². The van der Waals surface area contributed by atoms with E-state index >= 15 is 0 Å². The molecule has 4 nitrogen and oxygen atoms in total. The van der Waals surface area contributed by atoms with Crippen LogP contribution in [-0.2, 0) is 0 Å². The lowest BCUT2D eigenvalue weighted by atomic mass is 9.95. The van der Waals surface area contributed by atoms with Crippen LogP contribution in [0.5, 0.6) is 11.5 Å². The van der Waals surface area contributed by atoms with Crippen LogP contribution in [0.15, 0.2) is 18.2 Å². The van der Waals surface area contributed by atoms with E-state index in [0.717, 1.165) is 12.3 Å². The third-order valence-corrected chi connectivity index (χ3v) is 4.67. The van der Waals surface area contributed by atoms with Gasteiger partial charge in [-0.2, -0.15) is 0 Å². The van der Waals surface area contributed by atoms with Crippen molar-refractivity contribution in [2.24, 2.45) is 11.8 Å². The molecule has 20 heavy (non-hydrogen) atoms. The lowest BCUT2D eigenvalue weighted by molar-refractivity contribution is 0.0922. The minimum absolute atomic E-state index is 0.0280. The summed E-state index contributed by atoms with van der Waals surface area (Å²) >= 11 is 0. The molecule has 108 valence electrons. The molecule has 1 amide bonds. The maximum atomic E-state index is 12.4. The largest absolute Gasteiger partial charge is 0.497 e. The summed E-state index contributed by atoms with van der Waals surface area (Å²) in [6, 6.07) is 5.63. The zero-order chi connectivity index (χ0) is 14.1. The number of carbonyl (C=O) groups excluding carboxylic acids is 1. The van der Waals surface area contributed by atoms with Gasteiger partial charge in [0.05, 0.1) is 14.2 Å². The fraction of sp³-hybridized carbons (Fsp3) is 0.562. The average Bonchev–Trinajstić information content (AvgIpc) is 3.09. The standard InChI is InChI=1S/C16H21NO3/c1-19-13-7-12(8-14(9-13)20-2)16(18)17-15-6-10-3-4-11(15)5-10/h7-11,15H,3-6H2,1-2H3,(H,17,18)/t10-,11-,15-/m1/s1. The van der Waals surface area contributed by atoms with E-state index in [1.165, 1.54) is 19.3 Å². The summed E-state index contributed by atoms with van der Waals surface area (Å²) in [4.78, 5) is 12.4. The van der Waals surface area contributed by atoms with Crippen LogP contribution in [0.1, 0.15) is 36.0 Å². The molecule has 2 saturated carbocycles. The van der Waals surface area contributed by atoms with Crippen LogP contribution in [0.2, 0.25) is 0 Å². The van der Waals surface area contributed by atoms with Crippen molar-refractivity contribution in [2.75, 3.05) is 14.2 Å². The monoisotopic (exact) mass is 275 g/mol. The third-order valence-electron chi connectivity index (χ3n) is 4.67. The van der Waals surface area contributed by atoms with Crippen LogP contribution < -0.4 is 14.8 Å². The molecule has 1 N–H and O–H groups in total. The molecule has 2 aliphatic rings. The third kappa shape index (κ3) is 2.47. The van der Waals surface area contributed by atoms with Gasteiger partial charge in [0, 0.05) is 17.7 Å². The van der Waals surface area contributed by atoms with Gasteiger partial charge in [0.2, 0.25) is 0 Å². The second-order valence-corrected chi connectivity index (χ2v) is 5.86. The second kappa shape index (κ2) is 5.35. The van der Waals surface area contributed by atoms with Crippen LogP contribution in [0.4, 0.5) is 0 Å². The van der Waals surface area contributed by atoms with E-state index in [0.29, 0.717) is 29.0 Å². The molecule has 0 radical (unpaired) electrons. The fourth-order valence-electron chi connectivity index (χ4n) is 3.61. The van der Waals surface area contributed by atoms with Gasteiger partial charge >= 0.3 is 0 Å². The van der Waals surface area contributed by atoms with Crippen molar-refractivity contribution in [1.82, 2.24) is 5.32 Å². The summed E-state index contributed by atoms with van der Waals surface area (Å²) < 4.78 is 10.4. The maximum Gasteiger partial charge on any atom is 0.251 e. The van der Waals surface area contributed by atoms with E-state index < -0.39 is 0 Å². The Morgan fingerprint density at radius 2 is 1.80 bits per heavy atom. The molecule has 0 aliphatic heterocycles. The molecule has 4 heteroatoms. The molecule has 0 saturated heterocycles. The number of amides is 1. The Labute approximate surface area is 119 Å². The number of ether oxygens (including phenoxy) is 2. The number of rotatable bonds is 4. The molecular formula is C16H21NO3. The number of carbonyl (C=O) groups is 1. The van der Waals surface area contributed by atoms with Crippen LogP contribution in [-0.4, -0.2) is 26.2 Å². The first-order chi connectivity index (χ1) is 9.69. The number of fused-ring (bicyclic) bond motifs is 2. The lowest BCUT2D eigenvalue weighted by Gasteiger charge is -2.23. The van der Waals surface area contributed by atoms with Crippen LogP contribution >= 0.6 is 0 Å². The van der Waals surface area contributed by atoms with Gasteiger partial charge in [0.15, 0.2) is 0 Å². The van der Waals surface area contributed by atoms with Crippen molar-refractivity contribution >= 4 is 5.91 Å². The van der Waals surface area contributed by atoms with Gasteiger partial charge in [-0.05, 0) is 43.2 Å². The molecule has 1 aromatic carbocycles. The van der Waals surface area contributed by atoms with Gasteiger partial charge in [0.25, 0.3) is 5.91 Å². The Bertz CT molecular complexity index is 492. The Morgan fingerprint density at radius 3 is 2.30 bits per heavy atom. The molecule has 1 aromatic rings. The highest BCUT2D eigenvalue weighted by Crippen LogP contribution is 2.44. The summed E-state index contributed by atoms with van der Waals surface area (Å²) in [7, 11) is 3.18. The SMILES string of the molecule is COc1cc(OC)cc(C(=O)N[C@@H]2C[C@@H]3CC[C@@H]2C3)c1. The summed E-state index contributed by atoms with van der Waals surface area (Å²) in [5, 5.41) is 3.18. The van der Waals surface area contributed by atoms with Crippen LogP contribution in [0.3, 0.4) is 0 Å². The molecule has 0 spiro atoms. The van der Waals surface area contributed by atoms with E-state index in [1.807, 2.05) is 0 Å². The lowest BCUT2D eigenvalue weighted by Crippen LogP contribution is -2.38. The van der Waals surface area contributed by atoms with E-state index in [9.17, 15) is 4.79 Å². The first-order valence-corrected chi connectivity index (χ1v) is 7.23. The van der Waals surface area contributed by atoms with Gasteiger partial charge in [-0.15, -0.1) is 0 Å². The van der Waals surface area contributed by atoms with Crippen molar-refractivity contribution in [3.05, 3.63) is 23.8 Å². The summed E-state index contributed by atoms with van der Waals surface area (Å²) in [6.07, 6.45) is 5.02. The summed E-state index contributed by atoms with van der Waals surface area (Å²) in [5.74, 6) is 2.76. The second-order valence-electron chi connectivity index (χ2n) is 5.86. The highest BCUT2D eigenvalue weighted by Gasteiger charge is 2.40. The number of hydrogen-bond acceptors (Lipinski definition) is 3. The minimum atomic E-state index is -0.0280. The quantitative estimate of drug-likeness (QED) is 0.919. The summed E-state index contributed by atoms with van der Waals surface area (Å²) in [5.41, 5.74) is 0.601. The average molecular weight is 275 g/mol. The smallest absolute Gasteiger partial charge is 0.251 e. The van der Waals surface area contributed by atoms with E-state index in [-0.39, 0.29) is 5.91 Å². The van der Waals surface area contributed by atoms with Gasteiger partial charge in [-0.3, -0.25) is 4.79 Å². The maximum absolute atomic E-state index is 12.4. The predicted molar refractivity (Wildman–Crippen MR) is 76.2 cm³/mol. The number of methoxy groups -OCH3 is 2. The minimum Gasteiger partial charge on any atom is -0.497 e. The molecule has 2 aliphatic carbocycles. The topological polar surface area (TPSA) is 47.6 Å². The molecular weight excluding hydrogens is 254 g/mol. The molecule has 0 heterocycles. The van der Waals surface area contributed by atoms with Crippen LogP contribution in [0.25, 0.3) is 0 Å². The Balaban J connectivity index is 1.73. The van der Waals surface area contributed by atoms with Gasteiger partial charge in [-0.1, -0.05) is 6.42 Å². The number of hydrogen-bond donors (Lipinski definition) is 1. The molecule has 3 atom stereocenters. The predicted octanol–water partition coefficient (Wildman–Crippen LogP) is 2.62. The fourth-order valence-corrected chi connectivity index (χ4v) is 3.61. The summed E-state index contributed by atoms with van der Waals surface area (Å²) in [6.45, 7) is 0.